The zero-order valence-corrected chi connectivity index (χ0v) is 18.4. The largest absolute Gasteiger partial charge is 0.480 e. The van der Waals surface area contributed by atoms with Gasteiger partial charge in [0.05, 0.1) is 17.8 Å². The van der Waals surface area contributed by atoms with Crippen molar-refractivity contribution < 1.29 is 23.1 Å². The van der Waals surface area contributed by atoms with Crippen molar-refractivity contribution in [3.8, 4) is 0 Å². The summed E-state index contributed by atoms with van der Waals surface area (Å²) in [6.07, 6.45) is -4.36. The van der Waals surface area contributed by atoms with Gasteiger partial charge >= 0.3 is 12.1 Å². The van der Waals surface area contributed by atoms with E-state index in [4.69, 9.17) is 16.7 Å². The first-order valence-electron chi connectivity index (χ1n) is 8.99. The number of benzene rings is 2. The number of alkyl halides is 3. The average molecular weight is 481 g/mol. The number of hydrogen-bond acceptors (Lipinski definition) is 4. The van der Waals surface area contributed by atoms with E-state index in [1.54, 1.807) is 6.07 Å². The lowest BCUT2D eigenvalue weighted by Crippen LogP contribution is -2.53. The summed E-state index contributed by atoms with van der Waals surface area (Å²) < 4.78 is 38.3. The lowest BCUT2D eigenvalue weighted by Gasteiger charge is -2.40. The van der Waals surface area contributed by atoms with E-state index >= 15 is 0 Å². The number of carboxylic acid groups (broad SMARTS) is 1. The van der Waals surface area contributed by atoms with Gasteiger partial charge in [-0.05, 0) is 49.4 Å². The van der Waals surface area contributed by atoms with E-state index in [9.17, 15) is 18.0 Å². The molecule has 0 spiro atoms. The van der Waals surface area contributed by atoms with E-state index in [-0.39, 0.29) is 25.0 Å². The summed E-state index contributed by atoms with van der Waals surface area (Å²) in [5, 5.41) is 9.60. The monoisotopic (exact) mass is 480 g/mol. The molecule has 0 bridgehead atoms. The van der Waals surface area contributed by atoms with Crippen LogP contribution < -0.4 is 4.90 Å². The molecule has 1 aliphatic heterocycles. The van der Waals surface area contributed by atoms with Gasteiger partial charge in [-0.25, -0.2) is 0 Å². The van der Waals surface area contributed by atoms with Crippen LogP contribution in [0.4, 0.5) is 18.9 Å². The number of aliphatic carboxylic acids is 1. The van der Waals surface area contributed by atoms with Gasteiger partial charge in [0.15, 0.2) is 0 Å². The highest BCUT2D eigenvalue weighted by Crippen LogP contribution is 2.39. The predicted octanol–water partition coefficient (Wildman–Crippen LogP) is 5.53. The van der Waals surface area contributed by atoms with Crippen LogP contribution in [0.5, 0.6) is 0 Å². The molecule has 0 aromatic heterocycles. The van der Waals surface area contributed by atoms with Gasteiger partial charge < -0.3 is 10.0 Å². The average Bonchev–Trinajstić information content (AvgIpc) is 2.64. The van der Waals surface area contributed by atoms with E-state index in [2.05, 4.69) is 4.90 Å². The van der Waals surface area contributed by atoms with Crippen LogP contribution in [0.2, 0.25) is 5.02 Å². The first kappa shape index (κ1) is 24.7. The first-order chi connectivity index (χ1) is 13.6. The topological polar surface area (TPSA) is 43.8 Å². The third-order valence-electron chi connectivity index (χ3n) is 4.77. The number of carboxylic acids is 1. The first-order valence-corrected chi connectivity index (χ1v) is 10.2. The minimum absolute atomic E-state index is 0. The summed E-state index contributed by atoms with van der Waals surface area (Å²) in [7, 11) is 0. The molecule has 1 atom stereocenters. The Morgan fingerprint density at radius 2 is 1.87 bits per heavy atom. The van der Waals surface area contributed by atoms with Crippen molar-refractivity contribution in [1.82, 2.24) is 4.90 Å². The molecule has 1 N–H and O–H groups in total. The molecule has 0 radical (unpaired) electrons. The van der Waals surface area contributed by atoms with Crippen LogP contribution in [0.25, 0.3) is 0 Å². The van der Waals surface area contributed by atoms with Crippen LogP contribution in [0.15, 0.2) is 52.3 Å². The summed E-state index contributed by atoms with van der Waals surface area (Å²) in [6.45, 7) is 3.84. The Bertz CT molecular complexity index is 881. The highest BCUT2D eigenvalue weighted by atomic mass is 35.5. The van der Waals surface area contributed by atoms with E-state index in [0.29, 0.717) is 29.6 Å². The third kappa shape index (κ3) is 6.20. The Balaban J connectivity index is 0.00000320. The van der Waals surface area contributed by atoms with E-state index in [1.165, 1.54) is 23.9 Å². The number of rotatable bonds is 5. The number of piperazine rings is 1. The zero-order chi connectivity index (χ0) is 21.2. The second-order valence-electron chi connectivity index (χ2n) is 6.90. The normalized spacial score (nSPS) is 17.5. The van der Waals surface area contributed by atoms with E-state index in [1.807, 2.05) is 24.0 Å². The van der Waals surface area contributed by atoms with Crippen molar-refractivity contribution in [2.45, 2.75) is 28.9 Å². The van der Waals surface area contributed by atoms with Crippen LogP contribution in [0.1, 0.15) is 12.5 Å². The number of anilines is 1. The lowest BCUT2D eigenvalue weighted by molar-refractivity contribution is -0.139. The molecule has 1 fully saturated rings. The van der Waals surface area contributed by atoms with Gasteiger partial charge in [-0.15, -0.1) is 12.4 Å². The molecule has 30 heavy (non-hydrogen) atoms. The molecule has 4 nitrogen and oxygen atoms in total. The fourth-order valence-corrected chi connectivity index (χ4v) is 4.41. The fraction of sp³-hybridized carbons (Fsp3) is 0.350. The Morgan fingerprint density at radius 1 is 1.20 bits per heavy atom. The second kappa shape index (κ2) is 10.1. The molecule has 10 heteroatoms. The molecule has 0 aliphatic carbocycles. The Morgan fingerprint density at radius 3 is 2.43 bits per heavy atom. The number of nitrogens with zero attached hydrogens (tertiary/aromatic N) is 2. The molecule has 1 saturated heterocycles. The SMILES string of the molecule is CC1CN(c2cc(Cl)ccc2Sc2ccc(C(F)(F)F)cc2)CCN1CC(=O)O.Cl. The minimum atomic E-state index is -4.36. The maximum Gasteiger partial charge on any atom is 0.416 e. The summed E-state index contributed by atoms with van der Waals surface area (Å²) >= 11 is 7.57. The third-order valence-corrected chi connectivity index (χ3v) is 6.08. The van der Waals surface area contributed by atoms with Crippen LogP contribution >= 0.6 is 35.8 Å². The Hall–Kier alpha value is -1.61. The molecule has 1 heterocycles. The van der Waals surface area contributed by atoms with Crippen LogP contribution in [0.3, 0.4) is 0 Å². The molecule has 0 amide bonds. The summed E-state index contributed by atoms with van der Waals surface area (Å²) in [4.78, 5) is 16.6. The minimum Gasteiger partial charge on any atom is -0.480 e. The van der Waals surface area contributed by atoms with Gasteiger partial charge in [-0.1, -0.05) is 23.4 Å². The summed E-state index contributed by atoms with van der Waals surface area (Å²) in [6, 6.07) is 10.6. The Labute approximate surface area is 188 Å². The van der Waals surface area contributed by atoms with Crippen molar-refractivity contribution in [1.29, 1.82) is 0 Å². The number of hydrogen-bond donors (Lipinski definition) is 1. The summed E-state index contributed by atoms with van der Waals surface area (Å²) in [5.74, 6) is -0.855. The lowest BCUT2D eigenvalue weighted by atomic mass is 10.1. The molecule has 1 unspecified atom stereocenters. The Kier molecular flexibility index (Phi) is 8.33. The molecule has 164 valence electrons. The van der Waals surface area contributed by atoms with Crippen LogP contribution in [-0.4, -0.2) is 48.2 Å². The fourth-order valence-electron chi connectivity index (χ4n) is 3.29. The smallest absolute Gasteiger partial charge is 0.416 e. The van der Waals surface area contributed by atoms with Crippen molar-refractivity contribution in [2.75, 3.05) is 31.1 Å². The van der Waals surface area contributed by atoms with E-state index in [0.717, 1.165) is 22.7 Å². The summed E-state index contributed by atoms with van der Waals surface area (Å²) in [5.41, 5.74) is 0.214. The maximum absolute atomic E-state index is 12.8. The van der Waals surface area contributed by atoms with Crippen molar-refractivity contribution >= 4 is 47.4 Å². The zero-order valence-electron chi connectivity index (χ0n) is 16.0. The second-order valence-corrected chi connectivity index (χ2v) is 8.45. The molecule has 2 aromatic rings. The highest BCUT2D eigenvalue weighted by Gasteiger charge is 2.30. The van der Waals surface area contributed by atoms with Crippen molar-refractivity contribution in [2.24, 2.45) is 0 Å². The van der Waals surface area contributed by atoms with Gasteiger partial charge in [-0.2, -0.15) is 13.2 Å². The van der Waals surface area contributed by atoms with Crippen molar-refractivity contribution in [3.05, 3.63) is 53.1 Å². The molecular formula is C20H21Cl2F3N2O2S. The van der Waals surface area contributed by atoms with Gasteiger partial charge in [-0.3, -0.25) is 9.69 Å². The number of carbonyl (C=O) groups is 1. The van der Waals surface area contributed by atoms with Crippen molar-refractivity contribution in [3.63, 3.8) is 0 Å². The standard InChI is InChI=1S/C20H20ClF3N2O2S.ClH/c1-13-11-26(9-8-25(13)12-19(27)28)17-10-15(21)4-7-18(17)29-16-5-2-14(3-6-16)20(22,23)24;/h2-7,10,13H,8-9,11-12H2,1H3,(H,27,28);1H. The molecule has 1 aliphatic rings. The number of halogens is 5. The van der Waals surface area contributed by atoms with Gasteiger partial charge in [0.1, 0.15) is 0 Å². The maximum atomic E-state index is 12.8. The van der Waals surface area contributed by atoms with Gasteiger partial charge in [0.2, 0.25) is 0 Å². The van der Waals surface area contributed by atoms with Crippen LogP contribution in [0, 0.1) is 0 Å². The van der Waals surface area contributed by atoms with Gasteiger partial charge in [0.25, 0.3) is 0 Å². The quantitative estimate of drug-likeness (QED) is 0.609. The molecular weight excluding hydrogens is 460 g/mol. The highest BCUT2D eigenvalue weighted by molar-refractivity contribution is 7.99. The molecule has 2 aromatic carbocycles. The molecule has 3 rings (SSSR count). The van der Waals surface area contributed by atoms with Crippen LogP contribution in [-0.2, 0) is 11.0 Å². The van der Waals surface area contributed by atoms with Gasteiger partial charge in [0, 0.05) is 40.5 Å². The van der Waals surface area contributed by atoms with E-state index < -0.39 is 17.7 Å². The molecule has 0 saturated carbocycles. The predicted molar refractivity (Wildman–Crippen MR) is 115 cm³/mol.